The van der Waals surface area contributed by atoms with Gasteiger partial charge in [0.2, 0.25) is 0 Å². The highest BCUT2D eigenvalue weighted by Gasteiger charge is 2.13. The molecule has 0 radical (unpaired) electrons. The molecule has 0 fully saturated rings. The van der Waals surface area contributed by atoms with E-state index in [4.69, 9.17) is 5.11 Å². The first-order valence-corrected chi connectivity index (χ1v) is 5.50. The molecule has 15 heavy (non-hydrogen) atoms. The van der Waals surface area contributed by atoms with E-state index in [0.717, 1.165) is 4.88 Å². The number of carboxylic acid groups (broad SMARTS) is 1. The standard InChI is InChI=1S/C8H4BrN3O2S/c9-4-1-11-7(5-2-10-3-15-5)12-6(4)8(13)14/h1-3H,(H,13,14). The van der Waals surface area contributed by atoms with Crippen LogP contribution in [-0.4, -0.2) is 26.0 Å². The van der Waals surface area contributed by atoms with E-state index < -0.39 is 5.97 Å². The van der Waals surface area contributed by atoms with Crippen LogP contribution in [0.2, 0.25) is 0 Å². The van der Waals surface area contributed by atoms with Gasteiger partial charge in [-0.15, -0.1) is 11.3 Å². The molecule has 0 aliphatic heterocycles. The van der Waals surface area contributed by atoms with Gasteiger partial charge in [0.1, 0.15) is 0 Å². The first-order chi connectivity index (χ1) is 7.18. The molecule has 1 N–H and O–H groups in total. The second kappa shape index (κ2) is 4.03. The van der Waals surface area contributed by atoms with Gasteiger partial charge < -0.3 is 5.11 Å². The van der Waals surface area contributed by atoms with Crippen LogP contribution in [0.25, 0.3) is 10.7 Å². The number of aromatic nitrogens is 3. The maximum absolute atomic E-state index is 10.8. The molecule has 2 rings (SSSR count). The Balaban J connectivity index is 2.52. The zero-order chi connectivity index (χ0) is 10.8. The average Bonchev–Trinajstić information content (AvgIpc) is 2.71. The van der Waals surface area contributed by atoms with E-state index in [9.17, 15) is 4.79 Å². The molecule has 2 heterocycles. The Morgan fingerprint density at radius 3 is 2.87 bits per heavy atom. The molecule has 5 nitrogen and oxygen atoms in total. The van der Waals surface area contributed by atoms with Crippen molar-refractivity contribution < 1.29 is 9.90 Å². The molecule has 2 aromatic rings. The van der Waals surface area contributed by atoms with Crippen LogP contribution in [0.3, 0.4) is 0 Å². The quantitative estimate of drug-likeness (QED) is 0.914. The summed E-state index contributed by atoms with van der Waals surface area (Å²) >= 11 is 4.43. The number of nitrogens with zero attached hydrogens (tertiary/aromatic N) is 3. The van der Waals surface area contributed by atoms with Crippen molar-refractivity contribution in [1.29, 1.82) is 0 Å². The zero-order valence-electron chi connectivity index (χ0n) is 7.22. The third-order valence-corrected chi connectivity index (χ3v) is 2.95. The van der Waals surface area contributed by atoms with Crippen LogP contribution in [0.1, 0.15) is 10.5 Å². The van der Waals surface area contributed by atoms with E-state index in [-0.39, 0.29) is 5.69 Å². The van der Waals surface area contributed by atoms with Crippen molar-refractivity contribution in [2.45, 2.75) is 0 Å². The molecule has 0 aliphatic carbocycles. The largest absolute Gasteiger partial charge is 0.476 e. The van der Waals surface area contributed by atoms with Gasteiger partial charge in [0.05, 0.1) is 14.9 Å². The normalized spacial score (nSPS) is 10.2. The first kappa shape index (κ1) is 10.2. The molecule has 0 spiro atoms. The summed E-state index contributed by atoms with van der Waals surface area (Å²) in [5.41, 5.74) is 1.59. The number of carbonyl (C=O) groups is 1. The van der Waals surface area contributed by atoms with Gasteiger partial charge in [-0.2, -0.15) is 0 Å². The van der Waals surface area contributed by atoms with Crippen molar-refractivity contribution in [3.63, 3.8) is 0 Å². The number of hydrogen-bond donors (Lipinski definition) is 1. The van der Waals surface area contributed by atoms with Crippen LogP contribution in [0.15, 0.2) is 22.4 Å². The summed E-state index contributed by atoms with van der Waals surface area (Å²) in [6.45, 7) is 0. The minimum Gasteiger partial charge on any atom is -0.476 e. The van der Waals surface area contributed by atoms with Crippen LogP contribution in [-0.2, 0) is 0 Å². The van der Waals surface area contributed by atoms with Crippen molar-refractivity contribution in [3.8, 4) is 10.7 Å². The second-order valence-electron chi connectivity index (χ2n) is 2.56. The third kappa shape index (κ3) is 2.02. The summed E-state index contributed by atoms with van der Waals surface area (Å²) in [4.78, 5) is 23.4. The van der Waals surface area contributed by atoms with Gasteiger partial charge in [-0.05, 0) is 15.9 Å². The lowest BCUT2D eigenvalue weighted by Crippen LogP contribution is -2.03. The Labute approximate surface area is 97.0 Å². The average molecular weight is 286 g/mol. The lowest BCUT2D eigenvalue weighted by atomic mass is 10.4. The van der Waals surface area contributed by atoms with Gasteiger partial charge in [0.15, 0.2) is 11.5 Å². The minimum atomic E-state index is -1.09. The fourth-order valence-electron chi connectivity index (χ4n) is 0.962. The Morgan fingerprint density at radius 1 is 1.47 bits per heavy atom. The Bertz CT molecular complexity index is 501. The Morgan fingerprint density at radius 2 is 2.27 bits per heavy atom. The number of halogens is 1. The zero-order valence-corrected chi connectivity index (χ0v) is 9.62. The molecule has 2 aromatic heterocycles. The highest BCUT2D eigenvalue weighted by atomic mass is 79.9. The molecule has 0 saturated heterocycles. The monoisotopic (exact) mass is 285 g/mol. The number of aromatic carboxylic acids is 1. The smallest absolute Gasteiger partial charge is 0.355 e. The molecule has 0 aromatic carbocycles. The van der Waals surface area contributed by atoms with E-state index in [2.05, 4.69) is 30.9 Å². The van der Waals surface area contributed by atoms with Crippen molar-refractivity contribution in [3.05, 3.63) is 28.1 Å². The van der Waals surface area contributed by atoms with E-state index >= 15 is 0 Å². The SMILES string of the molecule is O=C(O)c1nc(-c2cncs2)ncc1Br. The fraction of sp³-hybridized carbons (Fsp3) is 0. The Hall–Kier alpha value is -1.34. The van der Waals surface area contributed by atoms with Gasteiger partial charge in [-0.1, -0.05) is 0 Å². The van der Waals surface area contributed by atoms with E-state index in [0.29, 0.717) is 10.3 Å². The minimum absolute atomic E-state index is 0.0478. The van der Waals surface area contributed by atoms with Crippen molar-refractivity contribution >= 4 is 33.2 Å². The highest BCUT2D eigenvalue weighted by Crippen LogP contribution is 2.22. The molecule has 7 heteroatoms. The lowest BCUT2D eigenvalue weighted by Gasteiger charge is -1.99. The molecule has 0 aliphatic rings. The van der Waals surface area contributed by atoms with Crippen LogP contribution in [0.5, 0.6) is 0 Å². The number of thiazole rings is 1. The Kier molecular flexibility index (Phi) is 2.74. The number of rotatable bonds is 2. The van der Waals surface area contributed by atoms with Gasteiger partial charge in [0.25, 0.3) is 0 Å². The molecule has 0 saturated carbocycles. The van der Waals surface area contributed by atoms with Crippen molar-refractivity contribution in [2.75, 3.05) is 0 Å². The lowest BCUT2D eigenvalue weighted by molar-refractivity contribution is 0.0689. The summed E-state index contributed by atoms with van der Waals surface area (Å²) in [6, 6.07) is 0. The van der Waals surface area contributed by atoms with E-state index in [1.807, 2.05) is 0 Å². The van der Waals surface area contributed by atoms with Crippen LogP contribution in [0.4, 0.5) is 0 Å². The van der Waals surface area contributed by atoms with Crippen molar-refractivity contribution in [1.82, 2.24) is 15.0 Å². The first-order valence-electron chi connectivity index (χ1n) is 3.83. The van der Waals surface area contributed by atoms with Crippen LogP contribution < -0.4 is 0 Å². The van der Waals surface area contributed by atoms with Gasteiger partial charge in [0, 0.05) is 12.4 Å². The maximum atomic E-state index is 10.8. The molecule has 0 atom stereocenters. The van der Waals surface area contributed by atoms with Gasteiger partial charge in [-0.3, -0.25) is 4.98 Å². The summed E-state index contributed by atoms with van der Waals surface area (Å²) in [5.74, 6) is -0.715. The van der Waals surface area contributed by atoms with Crippen molar-refractivity contribution in [2.24, 2.45) is 0 Å². The highest BCUT2D eigenvalue weighted by molar-refractivity contribution is 9.10. The van der Waals surface area contributed by atoms with Gasteiger partial charge in [-0.25, -0.2) is 14.8 Å². The van der Waals surface area contributed by atoms with Gasteiger partial charge >= 0.3 is 5.97 Å². The molecule has 76 valence electrons. The number of carboxylic acids is 1. The molecular formula is C8H4BrN3O2S. The fourth-order valence-corrected chi connectivity index (χ4v) is 1.88. The van der Waals surface area contributed by atoms with Crippen LogP contribution >= 0.6 is 27.3 Å². The molecule has 0 amide bonds. The summed E-state index contributed by atoms with van der Waals surface area (Å²) in [5, 5.41) is 8.86. The van der Waals surface area contributed by atoms with E-state index in [1.165, 1.54) is 17.5 Å². The maximum Gasteiger partial charge on any atom is 0.355 e. The topological polar surface area (TPSA) is 76.0 Å². The summed E-state index contributed by atoms with van der Waals surface area (Å²) in [6.07, 6.45) is 3.02. The predicted octanol–water partition coefficient (Wildman–Crippen LogP) is 2.06. The molecular weight excluding hydrogens is 282 g/mol. The predicted molar refractivity (Wildman–Crippen MR) is 57.8 cm³/mol. The number of hydrogen-bond acceptors (Lipinski definition) is 5. The second-order valence-corrected chi connectivity index (χ2v) is 4.30. The van der Waals surface area contributed by atoms with E-state index in [1.54, 1.807) is 11.7 Å². The molecule has 0 bridgehead atoms. The summed E-state index contributed by atoms with van der Waals surface area (Å²) in [7, 11) is 0. The molecule has 0 unspecified atom stereocenters. The van der Waals surface area contributed by atoms with Crippen LogP contribution in [0, 0.1) is 0 Å². The summed E-state index contributed by atoms with van der Waals surface area (Å²) < 4.78 is 0.364. The third-order valence-electron chi connectivity index (χ3n) is 1.60.